The van der Waals surface area contributed by atoms with Gasteiger partial charge in [-0.25, -0.2) is 0 Å². The molecule has 0 spiro atoms. The van der Waals surface area contributed by atoms with Crippen molar-refractivity contribution < 1.29 is 19.4 Å². The van der Waals surface area contributed by atoms with Crippen LogP contribution in [0.15, 0.2) is 30.3 Å². The van der Waals surface area contributed by atoms with Gasteiger partial charge in [0.25, 0.3) is 0 Å². The molecule has 1 unspecified atom stereocenters. The van der Waals surface area contributed by atoms with Crippen molar-refractivity contribution in [3.8, 4) is 0 Å². The van der Waals surface area contributed by atoms with E-state index in [0.29, 0.717) is 25.3 Å². The normalized spacial score (nSPS) is 19.3. The van der Waals surface area contributed by atoms with Gasteiger partial charge in [-0.15, -0.1) is 11.8 Å². The molecule has 1 saturated heterocycles. The minimum Gasteiger partial charge on any atom is -0.378 e. The lowest BCUT2D eigenvalue weighted by Gasteiger charge is -2.32. The predicted molar refractivity (Wildman–Crippen MR) is 98.9 cm³/mol. The maximum atomic E-state index is 12.3. The zero-order valence-corrected chi connectivity index (χ0v) is 15.9. The van der Waals surface area contributed by atoms with E-state index in [-0.39, 0.29) is 18.2 Å². The zero-order chi connectivity index (χ0) is 18.2. The van der Waals surface area contributed by atoms with Crippen LogP contribution < -0.4 is 0 Å². The second kappa shape index (κ2) is 10.1. The molecule has 1 aliphatic rings. The minimum absolute atomic E-state index is 0.00727. The quantitative estimate of drug-likeness (QED) is 0.670. The zero-order valence-electron chi connectivity index (χ0n) is 15.1. The van der Waals surface area contributed by atoms with E-state index in [4.69, 9.17) is 9.47 Å². The minimum atomic E-state index is -0.679. The van der Waals surface area contributed by atoms with E-state index in [1.165, 1.54) is 0 Å². The lowest BCUT2D eigenvalue weighted by molar-refractivity contribution is -0.159. The molecule has 0 aromatic heterocycles. The Hall–Kier alpha value is -1.12. The molecule has 7 heteroatoms. The first-order chi connectivity index (χ1) is 12.1. The van der Waals surface area contributed by atoms with Crippen molar-refractivity contribution in [3.05, 3.63) is 35.9 Å². The van der Waals surface area contributed by atoms with Crippen LogP contribution in [-0.4, -0.2) is 72.3 Å². The molecule has 0 saturated carbocycles. The summed E-state index contributed by atoms with van der Waals surface area (Å²) in [5.41, 5.74) is 1.10. The lowest BCUT2D eigenvalue weighted by atomic mass is 10.2. The van der Waals surface area contributed by atoms with Gasteiger partial charge in [-0.05, 0) is 12.0 Å². The van der Waals surface area contributed by atoms with Gasteiger partial charge in [-0.1, -0.05) is 30.3 Å². The number of carbonyl (C=O) groups is 1. The highest BCUT2D eigenvalue weighted by molar-refractivity contribution is 7.99. The molecule has 1 aliphatic heterocycles. The average molecular weight is 368 g/mol. The third-order valence-corrected chi connectivity index (χ3v) is 5.48. The number of methoxy groups -OCH3 is 2. The van der Waals surface area contributed by atoms with Crippen LogP contribution in [0.5, 0.6) is 0 Å². The van der Waals surface area contributed by atoms with Gasteiger partial charge in [0.15, 0.2) is 6.29 Å². The molecule has 6 nitrogen and oxygen atoms in total. The Morgan fingerprint density at radius 2 is 2.04 bits per heavy atom. The molecule has 1 fully saturated rings. The first-order valence-corrected chi connectivity index (χ1v) is 9.57. The van der Waals surface area contributed by atoms with Crippen LogP contribution >= 0.6 is 11.8 Å². The second-order valence-corrected chi connectivity index (χ2v) is 7.18. The van der Waals surface area contributed by atoms with Crippen molar-refractivity contribution in [2.45, 2.75) is 37.9 Å². The fourth-order valence-electron chi connectivity index (χ4n) is 2.98. The molecule has 0 bridgehead atoms. The molecule has 25 heavy (non-hydrogen) atoms. The highest BCUT2D eigenvalue weighted by atomic mass is 32.2. The molecule has 2 rings (SSSR count). The van der Waals surface area contributed by atoms with E-state index in [1.54, 1.807) is 37.9 Å². The van der Waals surface area contributed by atoms with Crippen LogP contribution in [0.4, 0.5) is 0 Å². The third-order valence-electron chi connectivity index (χ3n) is 4.42. The van der Waals surface area contributed by atoms with E-state index < -0.39 is 6.23 Å². The summed E-state index contributed by atoms with van der Waals surface area (Å²) in [6.45, 7) is 0.577. The Bertz CT molecular complexity index is 527. The summed E-state index contributed by atoms with van der Waals surface area (Å²) in [6, 6.07) is 9.88. The number of hydrogen-bond acceptors (Lipinski definition) is 6. The molecular weight excluding hydrogens is 340 g/mol. The molecule has 1 aromatic rings. The number of carbonyl (C=O) groups excluding carboxylic acids is 1. The number of benzene rings is 1. The van der Waals surface area contributed by atoms with E-state index in [9.17, 15) is 9.90 Å². The van der Waals surface area contributed by atoms with E-state index >= 15 is 0 Å². The van der Waals surface area contributed by atoms with Crippen LogP contribution in [0.25, 0.3) is 0 Å². The first kappa shape index (κ1) is 20.2. The SMILES string of the molecule is COC(OC)[C@@H]1CSCN1C(O)CCC(=O)N(C)Cc1ccccc1. The first-order valence-electron chi connectivity index (χ1n) is 8.41. The van der Waals surface area contributed by atoms with Crippen LogP contribution in [-0.2, 0) is 20.8 Å². The third kappa shape index (κ3) is 5.69. The van der Waals surface area contributed by atoms with E-state index in [1.807, 2.05) is 35.2 Å². The highest BCUT2D eigenvalue weighted by Gasteiger charge is 2.36. The summed E-state index contributed by atoms with van der Waals surface area (Å²) in [6.07, 6.45) is -0.346. The molecule has 1 aromatic carbocycles. The van der Waals surface area contributed by atoms with Crippen molar-refractivity contribution in [1.29, 1.82) is 0 Å². The van der Waals surface area contributed by atoms with E-state index in [0.717, 1.165) is 11.3 Å². The summed E-state index contributed by atoms with van der Waals surface area (Å²) in [7, 11) is 5.00. The van der Waals surface area contributed by atoms with E-state index in [2.05, 4.69) is 0 Å². The maximum absolute atomic E-state index is 12.3. The van der Waals surface area contributed by atoms with Gasteiger partial charge in [0.1, 0.15) is 6.23 Å². The fourth-order valence-corrected chi connectivity index (χ4v) is 4.25. The molecule has 0 radical (unpaired) electrons. The summed E-state index contributed by atoms with van der Waals surface area (Å²) in [5, 5.41) is 10.5. The number of hydrogen-bond donors (Lipinski definition) is 1. The van der Waals surface area contributed by atoms with Crippen molar-refractivity contribution in [1.82, 2.24) is 9.80 Å². The summed E-state index contributed by atoms with van der Waals surface area (Å²) >= 11 is 1.73. The van der Waals surface area contributed by atoms with Crippen LogP contribution in [0, 0.1) is 0 Å². The average Bonchev–Trinajstić information content (AvgIpc) is 3.11. The number of amides is 1. The standard InChI is InChI=1S/C18H28N2O4S/c1-19(11-14-7-5-4-6-8-14)16(21)9-10-17(22)20-13-25-12-15(20)18(23-2)24-3/h4-8,15,17-18,22H,9-13H2,1-3H3/t15-,17?/m0/s1. The lowest BCUT2D eigenvalue weighted by Crippen LogP contribution is -2.48. The molecule has 1 heterocycles. The highest BCUT2D eigenvalue weighted by Crippen LogP contribution is 2.27. The fraction of sp³-hybridized carbons (Fsp3) is 0.611. The van der Waals surface area contributed by atoms with Crippen molar-refractivity contribution in [3.63, 3.8) is 0 Å². The Kier molecular flexibility index (Phi) is 8.18. The smallest absolute Gasteiger partial charge is 0.222 e. The second-order valence-electron chi connectivity index (χ2n) is 6.18. The largest absolute Gasteiger partial charge is 0.378 e. The van der Waals surface area contributed by atoms with Gasteiger partial charge in [0, 0.05) is 45.9 Å². The molecule has 2 atom stereocenters. The molecule has 140 valence electrons. The van der Waals surface area contributed by atoms with Crippen molar-refractivity contribution >= 4 is 17.7 Å². The molecule has 0 aliphatic carbocycles. The number of rotatable bonds is 9. The van der Waals surface area contributed by atoms with Gasteiger partial charge in [-0.3, -0.25) is 9.69 Å². The number of ether oxygens (including phenoxy) is 2. The topological polar surface area (TPSA) is 62.2 Å². The number of aliphatic hydroxyl groups is 1. The Labute approximate surface area is 154 Å². The van der Waals surface area contributed by atoms with Gasteiger partial charge >= 0.3 is 0 Å². The van der Waals surface area contributed by atoms with Gasteiger partial charge < -0.3 is 19.5 Å². The summed E-state index contributed by atoms with van der Waals surface area (Å²) in [4.78, 5) is 16.0. The summed E-state index contributed by atoms with van der Waals surface area (Å²) in [5.74, 6) is 1.58. The van der Waals surface area contributed by atoms with Crippen molar-refractivity contribution in [2.75, 3.05) is 32.9 Å². The van der Waals surface area contributed by atoms with Crippen molar-refractivity contribution in [2.24, 2.45) is 0 Å². The molecule has 1 N–H and O–H groups in total. The summed E-state index contributed by atoms with van der Waals surface area (Å²) < 4.78 is 10.7. The Morgan fingerprint density at radius 3 is 2.68 bits per heavy atom. The number of aliphatic hydroxyl groups excluding tert-OH is 1. The number of nitrogens with zero attached hydrogens (tertiary/aromatic N) is 2. The van der Waals surface area contributed by atoms with Crippen LogP contribution in [0.2, 0.25) is 0 Å². The van der Waals surface area contributed by atoms with Gasteiger partial charge in [-0.2, -0.15) is 0 Å². The monoisotopic (exact) mass is 368 g/mol. The predicted octanol–water partition coefficient (Wildman–Crippen LogP) is 1.74. The Balaban J connectivity index is 1.82. The molecular formula is C18H28N2O4S. The Morgan fingerprint density at radius 1 is 1.36 bits per heavy atom. The van der Waals surface area contributed by atoms with Crippen LogP contribution in [0.3, 0.4) is 0 Å². The van der Waals surface area contributed by atoms with Crippen LogP contribution in [0.1, 0.15) is 18.4 Å². The van der Waals surface area contributed by atoms with Gasteiger partial charge in [0.05, 0.1) is 6.04 Å². The number of thioether (sulfide) groups is 1. The molecule has 1 amide bonds. The van der Waals surface area contributed by atoms with Gasteiger partial charge in [0.2, 0.25) is 5.91 Å². The maximum Gasteiger partial charge on any atom is 0.222 e.